The zero-order chi connectivity index (χ0) is 9.28. The molecule has 4 heteroatoms. The van der Waals surface area contributed by atoms with Crippen LogP contribution in [-0.4, -0.2) is 10.9 Å². The summed E-state index contributed by atoms with van der Waals surface area (Å²) in [6.07, 6.45) is -4.03. The van der Waals surface area contributed by atoms with Gasteiger partial charge < -0.3 is 0 Å². The first-order chi connectivity index (χ1) is 4.63. The molecule has 0 heterocycles. The highest BCUT2D eigenvalue weighted by Gasteiger charge is 2.38. The summed E-state index contributed by atoms with van der Waals surface area (Å²) in [6.45, 7) is 4.54. The first kappa shape index (κ1) is 11.1. The van der Waals surface area contributed by atoms with E-state index in [4.69, 9.17) is 0 Å². The molecule has 1 unspecified atom stereocenters. The van der Waals surface area contributed by atoms with Crippen LogP contribution in [0.5, 0.6) is 0 Å². The van der Waals surface area contributed by atoms with E-state index in [0.29, 0.717) is 0 Å². The molecule has 0 spiro atoms. The summed E-state index contributed by atoms with van der Waals surface area (Å²) >= 11 is 4.03. The first-order valence-corrected chi connectivity index (χ1v) is 3.87. The Kier molecular flexibility index (Phi) is 3.29. The molecule has 0 aliphatic rings. The van der Waals surface area contributed by atoms with Crippen LogP contribution >= 0.6 is 12.6 Å². The normalized spacial score (nSPS) is 16.6. The number of thiol groups is 1. The molecule has 0 saturated carbocycles. The van der Waals surface area contributed by atoms with Gasteiger partial charge in [-0.3, -0.25) is 0 Å². The number of alkyl halides is 3. The molecular weight excluding hydrogens is 173 g/mol. The highest BCUT2D eigenvalue weighted by atomic mass is 32.1. The molecule has 11 heavy (non-hydrogen) atoms. The molecule has 0 aliphatic carbocycles. The SMILES string of the molecule is CC(CC(C)(C)S)C(F)(F)F. The number of halogens is 3. The van der Waals surface area contributed by atoms with Crippen molar-refractivity contribution in [2.45, 2.75) is 38.1 Å². The summed E-state index contributed by atoms with van der Waals surface area (Å²) < 4.78 is 35.3. The summed E-state index contributed by atoms with van der Waals surface area (Å²) in [6, 6.07) is 0. The molecule has 68 valence electrons. The van der Waals surface area contributed by atoms with Crippen molar-refractivity contribution in [3.05, 3.63) is 0 Å². The van der Waals surface area contributed by atoms with E-state index >= 15 is 0 Å². The molecule has 0 radical (unpaired) electrons. The van der Waals surface area contributed by atoms with E-state index in [1.807, 2.05) is 0 Å². The van der Waals surface area contributed by atoms with E-state index in [1.54, 1.807) is 13.8 Å². The third-order valence-electron chi connectivity index (χ3n) is 1.36. The van der Waals surface area contributed by atoms with Crippen LogP contribution in [0.1, 0.15) is 27.2 Å². The Morgan fingerprint density at radius 1 is 1.27 bits per heavy atom. The summed E-state index contributed by atoms with van der Waals surface area (Å²) in [7, 11) is 0. The highest BCUT2D eigenvalue weighted by Crippen LogP contribution is 2.33. The molecule has 0 aromatic rings. The average Bonchev–Trinajstić information content (AvgIpc) is 1.56. The van der Waals surface area contributed by atoms with Gasteiger partial charge in [-0.1, -0.05) is 20.8 Å². The van der Waals surface area contributed by atoms with Crippen molar-refractivity contribution in [1.82, 2.24) is 0 Å². The third-order valence-corrected chi connectivity index (χ3v) is 1.55. The third kappa shape index (κ3) is 5.41. The van der Waals surface area contributed by atoms with Gasteiger partial charge in [0, 0.05) is 4.75 Å². The van der Waals surface area contributed by atoms with E-state index in [9.17, 15) is 13.2 Å². The fourth-order valence-electron chi connectivity index (χ4n) is 0.865. The minimum absolute atomic E-state index is 0.0552. The molecule has 0 rings (SSSR count). The second-order valence-corrected chi connectivity index (χ2v) is 4.67. The maximum atomic E-state index is 11.9. The van der Waals surface area contributed by atoms with Crippen LogP contribution in [0.4, 0.5) is 13.2 Å². The average molecular weight is 186 g/mol. The smallest absolute Gasteiger partial charge is 0.173 e. The van der Waals surface area contributed by atoms with Crippen molar-refractivity contribution in [2.75, 3.05) is 0 Å². The molecule has 0 saturated heterocycles. The van der Waals surface area contributed by atoms with Crippen LogP contribution in [0.3, 0.4) is 0 Å². The largest absolute Gasteiger partial charge is 0.391 e. The lowest BCUT2D eigenvalue weighted by molar-refractivity contribution is -0.172. The van der Waals surface area contributed by atoms with Gasteiger partial charge in [-0.2, -0.15) is 25.8 Å². The topological polar surface area (TPSA) is 0 Å². The van der Waals surface area contributed by atoms with E-state index in [2.05, 4.69) is 12.6 Å². The van der Waals surface area contributed by atoms with Gasteiger partial charge in [0.05, 0.1) is 5.92 Å². The Hall–Kier alpha value is 0.140. The Labute approximate surface area is 70.6 Å². The Morgan fingerprint density at radius 2 is 1.64 bits per heavy atom. The molecule has 0 aromatic heterocycles. The van der Waals surface area contributed by atoms with Crippen molar-refractivity contribution in [3.63, 3.8) is 0 Å². The molecule has 0 aliphatic heterocycles. The molecule has 0 nitrogen and oxygen atoms in total. The molecule has 0 bridgehead atoms. The van der Waals surface area contributed by atoms with Crippen molar-refractivity contribution in [3.8, 4) is 0 Å². The zero-order valence-electron chi connectivity index (χ0n) is 6.87. The Morgan fingerprint density at radius 3 is 1.73 bits per heavy atom. The van der Waals surface area contributed by atoms with Crippen LogP contribution in [0.15, 0.2) is 0 Å². The molecule has 0 N–H and O–H groups in total. The Bertz CT molecular complexity index is 123. The van der Waals surface area contributed by atoms with Crippen molar-refractivity contribution in [2.24, 2.45) is 5.92 Å². The van der Waals surface area contributed by atoms with Gasteiger partial charge in [-0.25, -0.2) is 0 Å². The lowest BCUT2D eigenvalue weighted by atomic mass is 9.98. The predicted molar refractivity (Wildman–Crippen MR) is 42.9 cm³/mol. The summed E-state index contributed by atoms with van der Waals surface area (Å²) in [5.41, 5.74) is 0. The minimum Gasteiger partial charge on any atom is -0.173 e. The van der Waals surface area contributed by atoms with Crippen LogP contribution in [0, 0.1) is 5.92 Å². The van der Waals surface area contributed by atoms with Gasteiger partial charge in [-0.15, -0.1) is 0 Å². The number of hydrogen-bond acceptors (Lipinski definition) is 1. The fraction of sp³-hybridized carbons (Fsp3) is 1.00. The van der Waals surface area contributed by atoms with Crippen LogP contribution < -0.4 is 0 Å². The van der Waals surface area contributed by atoms with Crippen molar-refractivity contribution >= 4 is 12.6 Å². The minimum atomic E-state index is -4.08. The van der Waals surface area contributed by atoms with Gasteiger partial charge >= 0.3 is 6.18 Å². The number of rotatable bonds is 2. The standard InChI is InChI=1S/C7H13F3S/c1-5(7(8,9)10)4-6(2,3)11/h5,11H,4H2,1-3H3. The van der Waals surface area contributed by atoms with Gasteiger partial charge in [-0.05, 0) is 6.42 Å². The summed E-state index contributed by atoms with van der Waals surface area (Å²) in [4.78, 5) is 0. The fourth-order valence-corrected chi connectivity index (χ4v) is 1.14. The van der Waals surface area contributed by atoms with Crippen LogP contribution in [-0.2, 0) is 0 Å². The number of hydrogen-bond donors (Lipinski definition) is 1. The van der Waals surface area contributed by atoms with Crippen molar-refractivity contribution in [1.29, 1.82) is 0 Å². The lowest BCUT2D eigenvalue weighted by Gasteiger charge is -2.23. The molecule has 0 amide bonds. The van der Waals surface area contributed by atoms with Gasteiger partial charge in [0.2, 0.25) is 0 Å². The molecule has 0 fully saturated rings. The van der Waals surface area contributed by atoms with Crippen LogP contribution in [0.25, 0.3) is 0 Å². The predicted octanol–water partition coefficient (Wildman–Crippen LogP) is 3.28. The van der Waals surface area contributed by atoms with E-state index in [-0.39, 0.29) is 6.42 Å². The van der Waals surface area contributed by atoms with Gasteiger partial charge in [0.1, 0.15) is 0 Å². The van der Waals surface area contributed by atoms with Gasteiger partial charge in [0.25, 0.3) is 0 Å². The molecule has 0 aromatic carbocycles. The lowest BCUT2D eigenvalue weighted by Crippen LogP contribution is -2.26. The van der Waals surface area contributed by atoms with Crippen LogP contribution in [0.2, 0.25) is 0 Å². The highest BCUT2D eigenvalue weighted by molar-refractivity contribution is 7.81. The molecular formula is C7H13F3S. The Balaban J connectivity index is 3.99. The maximum Gasteiger partial charge on any atom is 0.391 e. The van der Waals surface area contributed by atoms with E-state index in [1.165, 1.54) is 6.92 Å². The first-order valence-electron chi connectivity index (χ1n) is 3.42. The second-order valence-electron chi connectivity index (χ2n) is 3.46. The van der Waals surface area contributed by atoms with E-state index < -0.39 is 16.8 Å². The maximum absolute atomic E-state index is 11.9. The zero-order valence-corrected chi connectivity index (χ0v) is 7.76. The monoisotopic (exact) mass is 186 g/mol. The molecule has 1 atom stereocenters. The quantitative estimate of drug-likeness (QED) is 0.628. The van der Waals surface area contributed by atoms with Gasteiger partial charge in [0.15, 0.2) is 0 Å². The van der Waals surface area contributed by atoms with E-state index in [0.717, 1.165) is 0 Å². The summed E-state index contributed by atoms with van der Waals surface area (Å²) in [5, 5.41) is 0. The second kappa shape index (κ2) is 3.25. The van der Waals surface area contributed by atoms with Crippen molar-refractivity contribution < 1.29 is 13.2 Å². The summed E-state index contributed by atoms with van der Waals surface area (Å²) in [5.74, 6) is -1.27.